The van der Waals surface area contributed by atoms with Crippen LogP contribution in [0, 0.1) is 3.57 Å². The monoisotopic (exact) mass is 400 g/mol. The normalized spacial score (nSPS) is 10.2. The van der Waals surface area contributed by atoms with E-state index in [1.807, 2.05) is 30.5 Å². The first-order valence-corrected chi connectivity index (χ1v) is 8.14. The van der Waals surface area contributed by atoms with Crippen molar-refractivity contribution in [3.8, 4) is 11.5 Å². The molecule has 2 aromatic rings. The van der Waals surface area contributed by atoms with Crippen molar-refractivity contribution < 1.29 is 14.3 Å². The molecule has 5 heteroatoms. The van der Waals surface area contributed by atoms with Crippen LogP contribution in [0.5, 0.6) is 11.5 Å². The minimum absolute atomic E-state index is 0.420. The third-order valence-corrected chi connectivity index (χ3v) is 4.03. The summed E-state index contributed by atoms with van der Waals surface area (Å²) in [6.45, 7) is 0. The van der Waals surface area contributed by atoms with E-state index in [2.05, 4.69) is 22.6 Å². The summed E-state index contributed by atoms with van der Waals surface area (Å²) in [5.74, 6) is 0.627. The van der Waals surface area contributed by atoms with Crippen LogP contribution in [-0.2, 0) is 0 Å². The zero-order chi connectivity index (χ0) is 14.5. The average Bonchev–Trinajstić information content (AvgIpc) is 2.46. The van der Waals surface area contributed by atoms with Crippen LogP contribution in [0.25, 0.3) is 0 Å². The molecule has 0 aromatic heterocycles. The summed E-state index contributed by atoms with van der Waals surface area (Å²) in [6, 6.07) is 12.8. The molecule has 104 valence electrons. The summed E-state index contributed by atoms with van der Waals surface area (Å²) >= 11 is 3.76. The highest BCUT2D eigenvalue weighted by atomic mass is 127. The van der Waals surface area contributed by atoms with E-state index in [0.717, 1.165) is 8.47 Å². The van der Waals surface area contributed by atoms with Crippen molar-refractivity contribution in [2.45, 2.75) is 4.90 Å². The average molecular weight is 400 g/mol. The van der Waals surface area contributed by atoms with Crippen molar-refractivity contribution in [2.75, 3.05) is 13.4 Å². The highest BCUT2D eigenvalue weighted by molar-refractivity contribution is 14.1. The standard InChI is InChI=1S/C15H13IO3S/c1-18-14-9-12(20-2)6-7-13(14)15(17)19-11-5-3-4-10(16)8-11/h3-9H,1-2H3. The molecule has 0 unspecified atom stereocenters. The van der Waals surface area contributed by atoms with Crippen molar-refractivity contribution in [2.24, 2.45) is 0 Å². The Hall–Kier alpha value is -1.21. The van der Waals surface area contributed by atoms with E-state index in [1.54, 1.807) is 37.1 Å². The van der Waals surface area contributed by atoms with Crippen molar-refractivity contribution in [3.63, 3.8) is 0 Å². The molecule has 0 amide bonds. The smallest absolute Gasteiger partial charge is 0.347 e. The molecular weight excluding hydrogens is 387 g/mol. The molecule has 0 aliphatic rings. The number of hydrogen-bond acceptors (Lipinski definition) is 4. The third-order valence-electron chi connectivity index (χ3n) is 2.64. The highest BCUT2D eigenvalue weighted by Crippen LogP contribution is 2.26. The second-order valence-corrected chi connectivity index (χ2v) is 6.04. The van der Waals surface area contributed by atoms with Crippen LogP contribution in [0.4, 0.5) is 0 Å². The lowest BCUT2D eigenvalue weighted by Gasteiger charge is -2.10. The topological polar surface area (TPSA) is 35.5 Å². The Bertz CT molecular complexity index is 628. The lowest BCUT2D eigenvalue weighted by Crippen LogP contribution is -2.10. The quantitative estimate of drug-likeness (QED) is 0.333. The van der Waals surface area contributed by atoms with Gasteiger partial charge >= 0.3 is 5.97 Å². The van der Waals surface area contributed by atoms with Gasteiger partial charge in [0.25, 0.3) is 0 Å². The molecule has 0 aliphatic heterocycles. The molecule has 0 atom stereocenters. The molecule has 0 aliphatic carbocycles. The summed E-state index contributed by atoms with van der Waals surface area (Å²) in [5.41, 5.74) is 0.421. The number of thioether (sulfide) groups is 1. The maximum absolute atomic E-state index is 12.2. The molecule has 0 bridgehead atoms. The number of esters is 1. The maximum Gasteiger partial charge on any atom is 0.347 e. The Kier molecular flexibility index (Phi) is 5.31. The van der Waals surface area contributed by atoms with Crippen LogP contribution in [0.15, 0.2) is 47.4 Å². The molecule has 0 fully saturated rings. The second kappa shape index (κ2) is 6.99. The zero-order valence-electron chi connectivity index (χ0n) is 11.1. The van der Waals surface area contributed by atoms with Gasteiger partial charge in [-0.15, -0.1) is 11.8 Å². The van der Waals surface area contributed by atoms with Gasteiger partial charge in [-0.1, -0.05) is 6.07 Å². The second-order valence-electron chi connectivity index (χ2n) is 3.91. The predicted molar refractivity (Wildman–Crippen MR) is 88.9 cm³/mol. The Morgan fingerprint density at radius 1 is 1.20 bits per heavy atom. The van der Waals surface area contributed by atoms with Crippen molar-refractivity contribution in [1.82, 2.24) is 0 Å². The molecule has 2 aromatic carbocycles. The number of ether oxygens (including phenoxy) is 2. The number of benzene rings is 2. The van der Waals surface area contributed by atoms with E-state index in [9.17, 15) is 4.79 Å². The first-order valence-electron chi connectivity index (χ1n) is 5.84. The summed E-state index contributed by atoms with van der Waals surface area (Å²) in [4.78, 5) is 13.2. The summed E-state index contributed by atoms with van der Waals surface area (Å²) in [7, 11) is 1.54. The number of hydrogen-bond donors (Lipinski definition) is 0. The van der Waals surface area contributed by atoms with E-state index in [-0.39, 0.29) is 0 Å². The lowest BCUT2D eigenvalue weighted by molar-refractivity contribution is 0.0731. The summed E-state index contributed by atoms with van der Waals surface area (Å²) in [6.07, 6.45) is 1.97. The van der Waals surface area contributed by atoms with E-state index in [0.29, 0.717) is 17.1 Å². The number of rotatable bonds is 4. The fourth-order valence-corrected chi connectivity index (χ4v) is 2.60. The van der Waals surface area contributed by atoms with E-state index < -0.39 is 5.97 Å². The van der Waals surface area contributed by atoms with Crippen LogP contribution in [0.3, 0.4) is 0 Å². The van der Waals surface area contributed by atoms with E-state index in [4.69, 9.17) is 9.47 Å². The predicted octanol–water partition coefficient (Wildman–Crippen LogP) is 4.24. The summed E-state index contributed by atoms with van der Waals surface area (Å²) < 4.78 is 11.6. The van der Waals surface area contributed by atoms with Crippen molar-refractivity contribution in [1.29, 1.82) is 0 Å². The molecule has 0 radical (unpaired) electrons. The molecule has 2 rings (SSSR count). The van der Waals surface area contributed by atoms with Gasteiger partial charge in [0.2, 0.25) is 0 Å². The molecular formula is C15H13IO3S. The van der Waals surface area contributed by atoms with Gasteiger partial charge in [0.1, 0.15) is 17.1 Å². The Morgan fingerprint density at radius 3 is 2.65 bits per heavy atom. The van der Waals surface area contributed by atoms with Gasteiger partial charge in [0.05, 0.1) is 7.11 Å². The molecule has 0 spiro atoms. The van der Waals surface area contributed by atoms with Crippen LogP contribution in [0.1, 0.15) is 10.4 Å². The highest BCUT2D eigenvalue weighted by Gasteiger charge is 2.15. The van der Waals surface area contributed by atoms with Crippen LogP contribution < -0.4 is 9.47 Å². The van der Waals surface area contributed by atoms with Gasteiger partial charge in [-0.25, -0.2) is 4.79 Å². The third kappa shape index (κ3) is 3.67. The number of carbonyl (C=O) groups is 1. The van der Waals surface area contributed by atoms with Gasteiger partial charge in [0, 0.05) is 8.47 Å². The fourth-order valence-electron chi connectivity index (χ4n) is 1.66. The molecule has 0 heterocycles. The van der Waals surface area contributed by atoms with Gasteiger partial charge in [0.15, 0.2) is 0 Å². The minimum Gasteiger partial charge on any atom is -0.496 e. The molecule has 3 nitrogen and oxygen atoms in total. The first kappa shape index (κ1) is 15.2. The number of methoxy groups -OCH3 is 1. The Balaban J connectivity index is 2.25. The Morgan fingerprint density at radius 2 is 2.00 bits per heavy atom. The lowest BCUT2D eigenvalue weighted by atomic mass is 10.2. The number of carbonyl (C=O) groups excluding carboxylic acids is 1. The number of halogens is 1. The van der Waals surface area contributed by atoms with Gasteiger partial charge < -0.3 is 9.47 Å². The fraction of sp³-hybridized carbons (Fsp3) is 0.133. The van der Waals surface area contributed by atoms with Crippen LogP contribution in [0.2, 0.25) is 0 Å². The summed E-state index contributed by atoms with van der Waals surface area (Å²) in [5, 5.41) is 0. The van der Waals surface area contributed by atoms with Gasteiger partial charge in [-0.3, -0.25) is 0 Å². The van der Waals surface area contributed by atoms with Crippen molar-refractivity contribution in [3.05, 3.63) is 51.6 Å². The largest absolute Gasteiger partial charge is 0.496 e. The Labute approximate surface area is 135 Å². The van der Waals surface area contributed by atoms with E-state index in [1.165, 1.54) is 0 Å². The molecule has 0 saturated heterocycles. The maximum atomic E-state index is 12.2. The minimum atomic E-state index is -0.420. The SMILES string of the molecule is COc1cc(SC)ccc1C(=O)Oc1cccc(I)c1. The van der Waals surface area contributed by atoms with Crippen LogP contribution >= 0.6 is 34.4 Å². The van der Waals surface area contributed by atoms with Crippen LogP contribution in [-0.4, -0.2) is 19.3 Å². The van der Waals surface area contributed by atoms with E-state index >= 15 is 0 Å². The van der Waals surface area contributed by atoms with Gasteiger partial charge in [-0.2, -0.15) is 0 Å². The first-order chi connectivity index (χ1) is 9.63. The molecule has 0 saturated carbocycles. The van der Waals surface area contributed by atoms with Gasteiger partial charge in [-0.05, 0) is 65.2 Å². The zero-order valence-corrected chi connectivity index (χ0v) is 14.0. The molecule has 0 N–H and O–H groups in total. The van der Waals surface area contributed by atoms with Crippen molar-refractivity contribution >= 4 is 40.3 Å². The molecule has 20 heavy (non-hydrogen) atoms.